The third-order valence-electron chi connectivity index (χ3n) is 2.45. The van der Waals surface area contributed by atoms with Gasteiger partial charge in [-0.25, -0.2) is 4.98 Å². The smallest absolute Gasteiger partial charge is 0.0967 e. The summed E-state index contributed by atoms with van der Waals surface area (Å²) in [6.07, 6.45) is 3.32. The first-order valence-electron chi connectivity index (χ1n) is 5.03. The van der Waals surface area contributed by atoms with Gasteiger partial charge < -0.3 is 5.11 Å². The van der Waals surface area contributed by atoms with Gasteiger partial charge >= 0.3 is 0 Å². The molecule has 1 aromatic rings. The van der Waals surface area contributed by atoms with Crippen LogP contribution in [0, 0.1) is 0 Å². The van der Waals surface area contributed by atoms with Gasteiger partial charge in [-0.3, -0.25) is 0 Å². The van der Waals surface area contributed by atoms with Crippen LogP contribution in [0.15, 0.2) is 5.38 Å². The van der Waals surface area contributed by atoms with Crippen molar-refractivity contribution in [2.24, 2.45) is 0 Å². The summed E-state index contributed by atoms with van der Waals surface area (Å²) in [7, 11) is 0. The van der Waals surface area contributed by atoms with Gasteiger partial charge in [0, 0.05) is 30.1 Å². The zero-order valence-corrected chi connectivity index (χ0v) is 9.74. The molecule has 1 aliphatic rings. The molecule has 14 heavy (non-hydrogen) atoms. The van der Waals surface area contributed by atoms with Crippen LogP contribution in [0.25, 0.3) is 0 Å². The second-order valence-corrected chi connectivity index (χ2v) is 5.60. The molecule has 1 atom stereocenters. The van der Waals surface area contributed by atoms with E-state index in [1.54, 1.807) is 11.3 Å². The lowest BCUT2D eigenvalue weighted by Crippen LogP contribution is -2.08. The fourth-order valence-electron chi connectivity index (χ4n) is 1.68. The quantitative estimate of drug-likeness (QED) is 0.863. The fraction of sp³-hybridized carbons (Fsp3) is 0.700. The molecule has 0 spiro atoms. The summed E-state index contributed by atoms with van der Waals surface area (Å²) < 4.78 is 0. The molecule has 2 rings (SSSR count). The maximum absolute atomic E-state index is 8.80. The van der Waals surface area contributed by atoms with Crippen molar-refractivity contribution >= 4 is 23.1 Å². The number of hydrogen-bond acceptors (Lipinski definition) is 4. The number of aliphatic hydroxyl groups is 1. The van der Waals surface area contributed by atoms with E-state index in [-0.39, 0.29) is 6.61 Å². The summed E-state index contributed by atoms with van der Waals surface area (Å²) in [5.74, 6) is 3.21. The van der Waals surface area contributed by atoms with E-state index in [1.165, 1.54) is 29.4 Å². The van der Waals surface area contributed by atoms with E-state index in [2.05, 4.69) is 10.4 Å². The minimum absolute atomic E-state index is 0.211. The van der Waals surface area contributed by atoms with E-state index < -0.39 is 0 Å². The van der Waals surface area contributed by atoms with Crippen LogP contribution in [0.3, 0.4) is 0 Å². The van der Waals surface area contributed by atoms with E-state index in [4.69, 9.17) is 5.11 Å². The number of thiazole rings is 1. The topological polar surface area (TPSA) is 33.1 Å². The summed E-state index contributed by atoms with van der Waals surface area (Å²) >= 11 is 3.80. The van der Waals surface area contributed by atoms with Gasteiger partial charge in [0.15, 0.2) is 0 Å². The number of hydrogen-bond donors (Lipinski definition) is 1. The highest BCUT2D eigenvalue weighted by Gasteiger charge is 2.18. The zero-order valence-electron chi connectivity index (χ0n) is 8.11. The van der Waals surface area contributed by atoms with Gasteiger partial charge in [0.2, 0.25) is 0 Å². The predicted octanol–water partition coefficient (Wildman–Crippen LogP) is 2.29. The highest BCUT2D eigenvalue weighted by atomic mass is 32.2. The minimum atomic E-state index is 0.211. The van der Waals surface area contributed by atoms with Crippen LogP contribution in [0.5, 0.6) is 0 Å². The average molecular weight is 229 g/mol. The van der Waals surface area contributed by atoms with Crippen molar-refractivity contribution in [3.8, 4) is 0 Å². The zero-order chi connectivity index (χ0) is 9.80. The first kappa shape index (κ1) is 10.5. The van der Waals surface area contributed by atoms with Crippen LogP contribution in [-0.4, -0.2) is 28.2 Å². The Labute approximate surface area is 92.8 Å². The van der Waals surface area contributed by atoms with Crippen molar-refractivity contribution in [1.29, 1.82) is 0 Å². The molecule has 1 unspecified atom stereocenters. The summed E-state index contributed by atoms with van der Waals surface area (Å²) in [4.78, 5) is 4.57. The normalized spacial score (nSPS) is 22.5. The van der Waals surface area contributed by atoms with Crippen LogP contribution in [-0.2, 0) is 6.42 Å². The van der Waals surface area contributed by atoms with Gasteiger partial charge in [-0.2, -0.15) is 11.8 Å². The number of aliphatic hydroxyl groups excluding tert-OH is 1. The number of aromatic nitrogens is 1. The van der Waals surface area contributed by atoms with Crippen LogP contribution in [0.1, 0.15) is 29.5 Å². The van der Waals surface area contributed by atoms with Crippen LogP contribution < -0.4 is 0 Å². The molecule has 0 bridgehead atoms. The molecular weight excluding hydrogens is 214 g/mol. The molecule has 4 heteroatoms. The average Bonchev–Trinajstić information content (AvgIpc) is 2.68. The Kier molecular flexibility index (Phi) is 3.84. The molecule has 0 aromatic carbocycles. The minimum Gasteiger partial charge on any atom is -0.396 e. The highest BCUT2D eigenvalue weighted by Crippen LogP contribution is 2.32. The molecule has 0 radical (unpaired) electrons. The van der Waals surface area contributed by atoms with Crippen molar-refractivity contribution in [2.75, 3.05) is 18.1 Å². The molecular formula is C10H15NOS2. The van der Waals surface area contributed by atoms with Crippen molar-refractivity contribution < 1.29 is 5.11 Å². The van der Waals surface area contributed by atoms with Crippen LogP contribution in [0.2, 0.25) is 0 Å². The molecule has 1 N–H and O–H groups in total. The monoisotopic (exact) mass is 229 g/mol. The molecule has 0 saturated carbocycles. The standard InChI is InChI=1S/C10H15NOS2/c12-4-3-9-7-14-10(11-9)8-2-1-5-13-6-8/h7-8,12H,1-6H2. The number of thioether (sulfide) groups is 1. The van der Waals surface area contributed by atoms with E-state index in [9.17, 15) is 0 Å². The van der Waals surface area contributed by atoms with Crippen molar-refractivity contribution in [3.63, 3.8) is 0 Å². The highest BCUT2D eigenvalue weighted by molar-refractivity contribution is 7.99. The molecule has 2 nitrogen and oxygen atoms in total. The Morgan fingerprint density at radius 1 is 1.57 bits per heavy atom. The molecule has 1 aromatic heterocycles. The van der Waals surface area contributed by atoms with Gasteiger partial charge in [0.25, 0.3) is 0 Å². The lowest BCUT2D eigenvalue weighted by Gasteiger charge is -2.18. The summed E-state index contributed by atoms with van der Waals surface area (Å²) in [6, 6.07) is 0. The molecule has 2 heterocycles. The Bertz CT molecular complexity index is 281. The van der Waals surface area contributed by atoms with Crippen LogP contribution in [0.4, 0.5) is 0 Å². The third kappa shape index (κ3) is 2.49. The maximum Gasteiger partial charge on any atom is 0.0967 e. The van der Waals surface area contributed by atoms with E-state index >= 15 is 0 Å². The third-order valence-corrected chi connectivity index (χ3v) is 4.72. The van der Waals surface area contributed by atoms with E-state index in [0.717, 1.165) is 5.69 Å². The number of nitrogens with zero attached hydrogens (tertiary/aromatic N) is 1. The van der Waals surface area contributed by atoms with Crippen molar-refractivity contribution in [1.82, 2.24) is 4.98 Å². The van der Waals surface area contributed by atoms with E-state index in [1.807, 2.05) is 11.8 Å². The summed E-state index contributed by atoms with van der Waals surface area (Å²) in [6.45, 7) is 0.211. The lowest BCUT2D eigenvalue weighted by atomic mass is 10.1. The molecule has 1 saturated heterocycles. The summed E-state index contributed by atoms with van der Waals surface area (Å²) in [5.41, 5.74) is 1.06. The second kappa shape index (κ2) is 5.14. The van der Waals surface area contributed by atoms with Crippen molar-refractivity contribution in [3.05, 3.63) is 16.1 Å². The first-order valence-corrected chi connectivity index (χ1v) is 7.06. The van der Waals surface area contributed by atoms with Gasteiger partial charge in [-0.15, -0.1) is 11.3 Å². The Morgan fingerprint density at radius 3 is 3.21 bits per heavy atom. The second-order valence-electron chi connectivity index (χ2n) is 3.56. The van der Waals surface area contributed by atoms with Gasteiger partial charge in [0.05, 0.1) is 10.7 Å². The molecule has 1 fully saturated rings. The molecule has 0 aliphatic carbocycles. The van der Waals surface area contributed by atoms with Crippen LogP contribution >= 0.6 is 23.1 Å². The fourth-order valence-corrected chi connectivity index (χ4v) is 3.92. The first-order chi connectivity index (χ1) is 6.90. The maximum atomic E-state index is 8.80. The Morgan fingerprint density at radius 2 is 2.50 bits per heavy atom. The Balaban J connectivity index is 2.00. The molecule has 1 aliphatic heterocycles. The van der Waals surface area contributed by atoms with Crippen molar-refractivity contribution in [2.45, 2.75) is 25.2 Å². The van der Waals surface area contributed by atoms with Gasteiger partial charge in [0.1, 0.15) is 0 Å². The van der Waals surface area contributed by atoms with Gasteiger partial charge in [-0.1, -0.05) is 0 Å². The largest absolute Gasteiger partial charge is 0.396 e. The summed E-state index contributed by atoms with van der Waals surface area (Å²) in [5, 5.41) is 12.2. The Hall–Kier alpha value is -0.0600. The molecule has 78 valence electrons. The van der Waals surface area contributed by atoms with Gasteiger partial charge in [-0.05, 0) is 18.6 Å². The SMILES string of the molecule is OCCc1csc(C2CCCSC2)n1. The lowest BCUT2D eigenvalue weighted by molar-refractivity contribution is 0.298. The number of rotatable bonds is 3. The van der Waals surface area contributed by atoms with E-state index in [0.29, 0.717) is 12.3 Å². The molecule has 0 amide bonds. The predicted molar refractivity (Wildman–Crippen MR) is 62.2 cm³/mol.